The number of hydrogen-bond acceptors (Lipinski definition) is 7. The maximum atomic E-state index is 13.5. The molecular formula is C25H26F4N6O2S. The lowest BCUT2D eigenvalue weighted by Gasteiger charge is -2.28. The first-order valence-electron chi connectivity index (χ1n) is 12.0. The van der Waals surface area contributed by atoms with Crippen molar-refractivity contribution in [3.05, 3.63) is 69.7 Å². The fourth-order valence-electron chi connectivity index (χ4n) is 4.12. The zero-order valence-electron chi connectivity index (χ0n) is 20.5. The molecule has 2 amide bonds. The van der Waals surface area contributed by atoms with E-state index < -0.39 is 23.9 Å². The second kappa shape index (κ2) is 11.9. The van der Waals surface area contributed by atoms with Crippen molar-refractivity contribution in [3.63, 3.8) is 0 Å². The molecule has 3 heterocycles. The minimum absolute atomic E-state index is 0.0991. The zero-order chi connectivity index (χ0) is 27.3. The maximum absolute atomic E-state index is 13.5. The van der Waals surface area contributed by atoms with Gasteiger partial charge in [-0.15, -0.1) is 0 Å². The first-order valence-corrected chi connectivity index (χ1v) is 12.8. The van der Waals surface area contributed by atoms with Crippen LogP contribution in [0.3, 0.4) is 0 Å². The average Bonchev–Trinajstić information content (AvgIpc) is 3.24. The van der Waals surface area contributed by atoms with E-state index in [9.17, 15) is 27.2 Å². The molecule has 1 aliphatic rings. The van der Waals surface area contributed by atoms with E-state index in [0.717, 1.165) is 30.7 Å². The number of hydrogen-bond donors (Lipinski definition) is 2. The molecular weight excluding hydrogens is 524 g/mol. The molecule has 4 rings (SSSR count). The molecule has 202 valence electrons. The van der Waals surface area contributed by atoms with E-state index in [1.807, 2.05) is 4.90 Å². The number of halogens is 4. The average molecular weight is 551 g/mol. The van der Waals surface area contributed by atoms with Crippen LogP contribution >= 0.6 is 11.5 Å². The Morgan fingerprint density at radius 2 is 1.89 bits per heavy atom. The highest BCUT2D eigenvalue weighted by Crippen LogP contribution is 2.27. The Labute approximate surface area is 220 Å². The number of benzene rings is 1. The summed E-state index contributed by atoms with van der Waals surface area (Å²) in [6.45, 7) is 3.86. The first kappa shape index (κ1) is 27.6. The number of nitrogens with zero attached hydrogens (tertiary/aromatic N) is 4. The van der Waals surface area contributed by atoms with Gasteiger partial charge in [0.05, 0.1) is 23.1 Å². The number of carbonyl (C=O) groups excluding carboxylic acids is 2. The third-order valence-corrected chi connectivity index (χ3v) is 7.00. The van der Waals surface area contributed by atoms with Crippen molar-refractivity contribution in [2.24, 2.45) is 0 Å². The van der Waals surface area contributed by atoms with Gasteiger partial charge in [-0.1, -0.05) is 0 Å². The van der Waals surface area contributed by atoms with E-state index >= 15 is 0 Å². The standard InChI is InChI=1S/C25H26F4N6O2S/c1-15-22(20(38-34-15)11-19-12-32-21(13-31-19)25(27,28)29)24(37)33-18-6-4-16(5-7-18)23(36)30-8-10-35-9-2-3-17(26)14-35/h4-7,12-13,17H,2-3,8-11,14H2,1H3,(H,30,36)(H,33,37). The van der Waals surface area contributed by atoms with Gasteiger partial charge in [0.15, 0.2) is 5.69 Å². The lowest BCUT2D eigenvalue weighted by Crippen LogP contribution is -2.41. The summed E-state index contributed by atoms with van der Waals surface area (Å²) < 4.78 is 55.9. The van der Waals surface area contributed by atoms with Crippen molar-refractivity contribution in [2.75, 3.05) is 31.5 Å². The summed E-state index contributed by atoms with van der Waals surface area (Å²) in [5.74, 6) is -0.703. The molecule has 0 radical (unpaired) electrons. The van der Waals surface area contributed by atoms with Crippen LogP contribution in [-0.2, 0) is 12.6 Å². The van der Waals surface area contributed by atoms with Crippen LogP contribution in [0.4, 0.5) is 23.2 Å². The van der Waals surface area contributed by atoms with Crippen LogP contribution in [0, 0.1) is 6.92 Å². The minimum atomic E-state index is -4.58. The first-order chi connectivity index (χ1) is 18.1. The van der Waals surface area contributed by atoms with Crippen molar-refractivity contribution < 1.29 is 27.2 Å². The number of rotatable bonds is 8. The molecule has 0 saturated carbocycles. The summed E-state index contributed by atoms with van der Waals surface area (Å²) in [6, 6.07) is 6.37. The van der Waals surface area contributed by atoms with Crippen molar-refractivity contribution in [2.45, 2.75) is 38.5 Å². The molecule has 2 N–H and O–H groups in total. The van der Waals surface area contributed by atoms with Crippen LogP contribution in [0.25, 0.3) is 0 Å². The number of piperidine rings is 1. The predicted molar refractivity (Wildman–Crippen MR) is 134 cm³/mol. The minimum Gasteiger partial charge on any atom is -0.351 e. The lowest BCUT2D eigenvalue weighted by atomic mass is 10.1. The van der Waals surface area contributed by atoms with Crippen molar-refractivity contribution in [3.8, 4) is 0 Å². The molecule has 1 atom stereocenters. The zero-order valence-corrected chi connectivity index (χ0v) is 21.3. The molecule has 0 spiro atoms. The van der Waals surface area contributed by atoms with Gasteiger partial charge in [-0.25, -0.2) is 9.37 Å². The van der Waals surface area contributed by atoms with E-state index in [1.54, 1.807) is 31.2 Å². The summed E-state index contributed by atoms with van der Waals surface area (Å²) in [6.07, 6.45) is -2.20. The van der Waals surface area contributed by atoms with Gasteiger partial charge in [-0.2, -0.15) is 17.5 Å². The highest BCUT2D eigenvalue weighted by atomic mass is 32.1. The topological polar surface area (TPSA) is 100 Å². The second-order valence-electron chi connectivity index (χ2n) is 8.96. The summed E-state index contributed by atoms with van der Waals surface area (Å²) >= 11 is 1.07. The normalized spacial score (nSPS) is 16.3. The molecule has 1 saturated heterocycles. The number of likely N-dealkylation sites (tertiary alicyclic amines) is 1. The molecule has 3 aromatic rings. The fraction of sp³-hybridized carbons (Fsp3) is 0.400. The molecule has 2 aromatic heterocycles. The van der Waals surface area contributed by atoms with E-state index in [1.165, 1.54) is 0 Å². The van der Waals surface area contributed by atoms with Crippen LogP contribution in [-0.4, -0.2) is 63.4 Å². The van der Waals surface area contributed by atoms with Gasteiger partial charge in [-0.3, -0.25) is 19.5 Å². The van der Waals surface area contributed by atoms with Gasteiger partial charge in [-0.05, 0) is 62.1 Å². The molecule has 38 heavy (non-hydrogen) atoms. The van der Waals surface area contributed by atoms with Crippen molar-refractivity contribution in [1.29, 1.82) is 0 Å². The predicted octanol–water partition coefficient (Wildman–Crippen LogP) is 4.27. The van der Waals surface area contributed by atoms with Gasteiger partial charge in [0, 0.05) is 48.4 Å². The summed E-state index contributed by atoms with van der Waals surface area (Å²) in [7, 11) is 0. The molecule has 0 bridgehead atoms. The largest absolute Gasteiger partial charge is 0.434 e. The third-order valence-electron chi connectivity index (χ3n) is 6.06. The third kappa shape index (κ3) is 7.10. The SMILES string of the molecule is Cc1nsc(Cc2cnc(C(F)(F)F)cn2)c1C(=O)Nc1ccc(C(=O)NCCN2CCCC(F)C2)cc1. The number of nitrogens with one attached hydrogen (secondary N) is 2. The van der Waals surface area contributed by atoms with Crippen LogP contribution in [0.15, 0.2) is 36.7 Å². The second-order valence-corrected chi connectivity index (χ2v) is 9.82. The van der Waals surface area contributed by atoms with Crippen LogP contribution in [0.2, 0.25) is 0 Å². The number of alkyl halides is 4. The quantitative estimate of drug-likeness (QED) is 0.407. The molecule has 1 unspecified atom stereocenters. The summed E-state index contributed by atoms with van der Waals surface area (Å²) in [4.78, 5) is 35.2. The van der Waals surface area contributed by atoms with E-state index in [4.69, 9.17) is 0 Å². The van der Waals surface area contributed by atoms with Crippen LogP contribution in [0.1, 0.15) is 55.5 Å². The van der Waals surface area contributed by atoms with Crippen molar-refractivity contribution in [1.82, 2.24) is 24.6 Å². The molecule has 13 heteroatoms. The Balaban J connectivity index is 1.33. The fourth-order valence-corrected chi connectivity index (χ4v) is 5.00. The summed E-state index contributed by atoms with van der Waals surface area (Å²) in [5, 5.41) is 5.59. The summed E-state index contributed by atoms with van der Waals surface area (Å²) in [5.41, 5.74) is 0.849. The van der Waals surface area contributed by atoms with E-state index in [2.05, 4.69) is 25.0 Å². The smallest absolute Gasteiger partial charge is 0.351 e. The van der Waals surface area contributed by atoms with Gasteiger partial charge in [0.1, 0.15) is 6.17 Å². The van der Waals surface area contributed by atoms with E-state index in [0.29, 0.717) is 59.6 Å². The van der Waals surface area contributed by atoms with Gasteiger partial charge in [0.2, 0.25) is 0 Å². The maximum Gasteiger partial charge on any atom is 0.434 e. The number of anilines is 1. The highest BCUT2D eigenvalue weighted by Gasteiger charge is 2.32. The van der Waals surface area contributed by atoms with Gasteiger partial charge >= 0.3 is 6.18 Å². The van der Waals surface area contributed by atoms with Gasteiger partial charge in [0.25, 0.3) is 11.8 Å². The Morgan fingerprint density at radius 3 is 2.55 bits per heavy atom. The lowest BCUT2D eigenvalue weighted by molar-refractivity contribution is -0.141. The van der Waals surface area contributed by atoms with E-state index in [-0.39, 0.29) is 18.0 Å². The van der Waals surface area contributed by atoms with Gasteiger partial charge < -0.3 is 10.6 Å². The number of aromatic nitrogens is 3. The molecule has 1 aromatic carbocycles. The Bertz CT molecular complexity index is 1260. The number of carbonyl (C=O) groups is 2. The highest BCUT2D eigenvalue weighted by molar-refractivity contribution is 7.06. The molecule has 0 aliphatic carbocycles. The molecule has 1 aliphatic heterocycles. The van der Waals surface area contributed by atoms with Crippen LogP contribution < -0.4 is 10.6 Å². The Hall–Kier alpha value is -3.45. The number of aryl methyl sites for hydroxylation is 1. The monoisotopic (exact) mass is 550 g/mol. The number of amides is 2. The molecule has 1 fully saturated rings. The Kier molecular flexibility index (Phi) is 8.67. The molecule has 8 nitrogen and oxygen atoms in total. The van der Waals surface area contributed by atoms with Crippen LogP contribution in [0.5, 0.6) is 0 Å². The Morgan fingerprint density at radius 1 is 1.13 bits per heavy atom. The van der Waals surface area contributed by atoms with Crippen molar-refractivity contribution >= 4 is 29.0 Å².